The third-order valence-electron chi connectivity index (χ3n) is 4.31. The SMILES string of the molecule is CCNC(c1ccc(C)c(C)c1)C1CC1(C)C. The minimum absolute atomic E-state index is 0.519. The Morgan fingerprint density at radius 2 is 1.94 bits per heavy atom. The summed E-state index contributed by atoms with van der Waals surface area (Å²) in [5.74, 6) is 0.796. The predicted molar refractivity (Wildman–Crippen MR) is 74.2 cm³/mol. The highest BCUT2D eigenvalue weighted by Gasteiger charge is 2.50. The van der Waals surface area contributed by atoms with Crippen molar-refractivity contribution in [2.45, 2.75) is 47.1 Å². The minimum Gasteiger partial charge on any atom is -0.310 e. The summed E-state index contributed by atoms with van der Waals surface area (Å²) < 4.78 is 0. The molecule has 1 heteroatoms. The van der Waals surface area contributed by atoms with Gasteiger partial charge in [-0.25, -0.2) is 0 Å². The third kappa shape index (κ3) is 2.55. The number of rotatable bonds is 4. The van der Waals surface area contributed by atoms with Crippen LogP contribution in [0.1, 0.15) is 49.9 Å². The summed E-state index contributed by atoms with van der Waals surface area (Å²) in [5.41, 5.74) is 4.78. The number of hydrogen-bond acceptors (Lipinski definition) is 1. The largest absolute Gasteiger partial charge is 0.310 e. The maximum Gasteiger partial charge on any atom is 0.0353 e. The highest BCUT2D eigenvalue weighted by atomic mass is 14.9. The van der Waals surface area contributed by atoms with E-state index >= 15 is 0 Å². The first-order valence-corrected chi connectivity index (χ1v) is 6.76. The molecule has 0 radical (unpaired) electrons. The molecule has 0 saturated heterocycles. The van der Waals surface area contributed by atoms with E-state index in [1.165, 1.54) is 23.1 Å². The van der Waals surface area contributed by atoms with Crippen molar-refractivity contribution >= 4 is 0 Å². The number of nitrogens with one attached hydrogen (secondary N) is 1. The van der Waals surface area contributed by atoms with E-state index in [-0.39, 0.29) is 0 Å². The summed E-state index contributed by atoms with van der Waals surface area (Å²) in [6.45, 7) is 12.4. The molecule has 2 rings (SSSR count). The van der Waals surface area contributed by atoms with Crippen LogP contribution in [-0.4, -0.2) is 6.54 Å². The van der Waals surface area contributed by atoms with Crippen molar-refractivity contribution in [2.24, 2.45) is 11.3 Å². The Labute approximate surface area is 106 Å². The molecule has 0 amide bonds. The summed E-state index contributed by atoms with van der Waals surface area (Å²) in [4.78, 5) is 0. The Bertz CT molecular complexity index is 406. The van der Waals surface area contributed by atoms with Crippen molar-refractivity contribution < 1.29 is 0 Å². The summed E-state index contributed by atoms with van der Waals surface area (Å²) in [7, 11) is 0. The maximum absolute atomic E-state index is 3.66. The molecule has 1 aromatic rings. The van der Waals surface area contributed by atoms with Crippen LogP contribution in [0.25, 0.3) is 0 Å². The standard InChI is InChI=1S/C16H25N/c1-6-17-15(14-10-16(14,4)5)13-8-7-11(2)12(3)9-13/h7-9,14-15,17H,6,10H2,1-5H3. The third-order valence-corrected chi connectivity index (χ3v) is 4.31. The van der Waals surface area contributed by atoms with Gasteiger partial charge in [-0.1, -0.05) is 39.0 Å². The molecule has 1 saturated carbocycles. The molecule has 94 valence electrons. The van der Waals surface area contributed by atoms with Crippen molar-refractivity contribution in [1.29, 1.82) is 0 Å². The van der Waals surface area contributed by atoms with Crippen molar-refractivity contribution in [3.05, 3.63) is 34.9 Å². The molecule has 2 unspecified atom stereocenters. The van der Waals surface area contributed by atoms with Gasteiger partial charge in [0.05, 0.1) is 0 Å². The lowest BCUT2D eigenvalue weighted by Crippen LogP contribution is -2.24. The van der Waals surface area contributed by atoms with Gasteiger partial charge in [-0.3, -0.25) is 0 Å². The highest BCUT2D eigenvalue weighted by Crippen LogP contribution is 2.57. The van der Waals surface area contributed by atoms with Crippen LogP contribution in [0.15, 0.2) is 18.2 Å². The Hall–Kier alpha value is -0.820. The molecule has 1 N–H and O–H groups in total. The summed E-state index contributed by atoms with van der Waals surface area (Å²) in [5, 5.41) is 3.66. The quantitative estimate of drug-likeness (QED) is 0.826. The minimum atomic E-state index is 0.519. The monoisotopic (exact) mass is 231 g/mol. The molecule has 0 bridgehead atoms. The molecule has 1 fully saturated rings. The zero-order valence-corrected chi connectivity index (χ0v) is 11.8. The molecular formula is C16H25N. The van der Waals surface area contributed by atoms with Gasteiger partial charge in [-0.15, -0.1) is 0 Å². The van der Waals surface area contributed by atoms with Gasteiger partial charge in [0.1, 0.15) is 0 Å². The first kappa shape index (κ1) is 12.6. The average Bonchev–Trinajstić information content (AvgIpc) is 2.88. The molecule has 1 aromatic carbocycles. The van der Waals surface area contributed by atoms with E-state index in [4.69, 9.17) is 0 Å². The van der Waals surface area contributed by atoms with Gasteiger partial charge in [-0.05, 0) is 54.8 Å². The Morgan fingerprint density at radius 1 is 1.29 bits per heavy atom. The molecule has 0 aliphatic heterocycles. The van der Waals surface area contributed by atoms with Gasteiger partial charge in [0.2, 0.25) is 0 Å². The second kappa shape index (κ2) is 4.45. The first-order valence-electron chi connectivity index (χ1n) is 6.76. The van der Waals surface area contributed by atoms with E-state index in [1.807, 2.05) is 0 Å². The van der Waals surface area contributed by atoms with Gasteiger partial charge in [0.25, 0.3) is 0 Å². The molecular weight excluding hydrogens is 206 g/mol. The summed E-state index contributed by atoms with van der Waals surface area (Å²) in [6, 6.07) is 7.44. The van der Waals surface area contributed by atoms with Gasteiger partial charge in [0, 0.05) is 6.04 Å². The van der Waals surface area contributed by atoms with E-state index in [9.17, 15) is 0 Å². The van der Waals surface area contributed by atoms with E-state index in [0.29, 0.717) is 11.5 Å². The number of benzene rings is 1. The smallest absolute Gasteiger partial charge is 0.0353 e. The Balaban J connectivity index is 2.24. The van der Waals surface area contributed by atoms with Crippen LogP contribution in [0.3, 0.4) is 0 Å². The van der Waals surface area contributed by atoms with Crippen molar-refractivity contribution in [1.82, 2.24) is 5.32 Å². The predicted octanol–water partition coefficient (Wildman–Crippen LogP) is 4.00. The second-order valence-corrected chi connectivity index (χ2v) is 6.18. The number of aryl methyl sites for hydroxylation is 2. The van der Waals surface area contributed by atoms with Crippen LogP contribution >= 0.6 is 0 Å². The molecule has 0 aromatic heterocycles. The average molecular weight is 231 g/mol. The van der Waals surface area contributed by atoms with Crippen LogP contribution in [0.2, 0.25) is 0 Å². The van der Waals surface area contributed by atoms with Crippen molar-refractivity contribution in [3.8, 4) is 0 Å². The zero-order chi connectivity index (χ0) is 12.6. The Morgan fingerprint density at radius 3 is 2.41 bits per heavy atom. The van der Waals surface area contributed by atoms with E-state index in [0.717, 1.165) is 12.5 Å². The van der Waals surface area contributed by atoms with Gasteiger partial charge >= 0.3 is 0 Å². The summed E-state index contributed by atoms with van der Waals surface area (Å²) >= 11 is 0. The van der Waals surface area contributed by atoms with Crippen LogP contribution in [-0.2, 0) is 0 Å². The summed E-state index contributed by atoms with van der Waals surface area (Å²) in [6.07, 6.45) is 1.34. The van der Waals surface area contributed by atoms with Gasteiger partial charge < -0.3 is 5.32 Å². The van der Waals surface area contributed by atoms with E-state index in [1.54, 1.807) is 0 Å². The number of hydrogen-bond donors (Lipinski definition) is 1. The fraction of sp³-hybridized carbons (Fsp3) is 0.625. The molecule has 1 aliphatic carbocycles. The van der Waals surface area contributed by atoms with Crippen LogP contribution < -0.4 is 5.32 Å². The molecule has 17 heavy (non-hydrogen) atoms. The van der Waals surface area contributed by atoms with Crippen molar-refractivity contribution in [3.63, 3.8) is 0 Å². The van der Waals surface area contributed by atoms with E-state index in [2.05, 4.69) is 58.1 Å². The lowest BCUT2D eigenvalue weighted by molar-refractivity contribution is 0.423. The fourth-order valence-corrected chi connectivity index (χ4v) is 2.75. The van der Waals surface area contributed by atoms with Crippen LogP contribution in [0.5, 0.6) is 0 Å². The van der Waals surface area contributed by atoms with Crippen LogP contribution in [0.4, 0.5) is 0 Å². The molecule has 0 heterocycles. The van der Waals surface area contributed by atoms with E-state index < -0.39 is 0 Å². The van der Waals surface area contributed by atoms with Crippen molar-refractivity contribution in [2.75, 3.05) is 6.54 Å². The topological polar surface area (TPSA) is 12.0 Å². The normalized spacial score (nSPS) is 23.5. The van der Waals surface area contributed by atoms with Gasteiger partial charge in [-0.2, -0.15) is 0 Å². The molecule has 0 spiro atoms. The second-order valence-electron chi connectivity index (χ2n) is 6.18. The fourth-order valence-electron chi connectivity index (χ4n) is 2.75. The molecule has 2 atom stereocenters. The lowest BCUT2D eigenvalue weighted by atomic mass is 9.94. The molecule has 1 aliphatic rings. The molecule has 1 nitrogen and oxygen atoms in total. The zero-order valence-electron chi connectivity index (χ0n) is 11.8. The van der Waals surface area contributed by atoms with Gasteiger partial charge in [0.15, 0.2) is 0 Å². The Kier molecular flexibility index (Phi) is 3.31. The maximum atomic E-state index is 3.66. The lowest BCUT2D eigenvalue weighted by Gasteiger charge is -2.21. The highest BCUT2D eigenvalue weighted by molar-refractivity contribution is 5.33. The van der Waals surface area contributed by atoms with Crippen LogP contribution in [0, 0.1) is 25.2 Å². The first-order chi connectivity index (χ1) is 7.95.